The summed E-state index contributed by atoms with van der Waals surface area (Å²) in [5.74, 6) is -0.245. The zero-order valence-corrected chi connectivity index (χ0v) is 14.7. The van der Waals surface area contributed by atoms with Crippen LogP contribution in [0.3, 0.4) is 0 Å². The summed E-state index contributed by atoms with van der Waals surface area (Å²) in [5.41, 5.74) is 1.86. The molecule has 0 saturated heterocycles. The minimum absolute atomic E-state index is 0.0412. The molecule has 2 aromatic rings. The number of benzene rings is 1. The van der Waals surface area contributed by atoms with Crippen LogP contribution in [0.4, 0.5) is 0 Å². The molecule has 6 nitrogen and oxygen atoms in total. The van der Waals surface area contributed by atoms with Crippen molar-refractivity contribution < 1.29 is 13.2 Å². The lowest BCUT2D eigenvalue weighted by Gasteiger charge is -2.08. The summed E-state index contributed by atoms with van der Waals surface area (Å²) in [5, 5.41) is 3.48. The predicted octanol–water partition coefficient (Wildman–Crippen LogP) is 1.76. The van der Waals surface area contributed by atoms with Crippen LogP contribution in [0, 0.1) is 0 Å². The lowest BCUT2D eigenvalue weighted by molar-refractivity contribution is 0.0954. The van der Waals surface area contributed by atoms with E-state index < -0.39 is 10.0 Å². The maximum Gasteiger partial charge on any atom is 0.251 e. The molecular formula is C16H18ClN3O3S. The van der Waals surface area contributed by atoms with Crippen molar-refractivity contribution in [2.75, 3.05) is 12.8 Å². The number of pyridine rings is 1. The number of halogens is 1. The van der Waals surface area contributed by atoms with E-state index in [4.69, 9.17) is 11.6 Å². The van der Waals surface area contributed by atoms with Gasteiger partial charge in [0, 0.05) is 23.3 Å². The van der Waals surface area contributed by atoms with Gasteiger partial charge in [-0.05, 0) is 30.2 Å². The maximum atomic E-state index is 12.2. The first kappa shape index (κ1) is 18.4. The Labute approximate surface area is 146 Å². The second-order valence-corrected chi connectivity index (χ2v) is 7.47. The van der Waals surface area contributed by atoms with E-state index in [9.17, 15) is 13.2 Å². The molecule has 0 unspecified atom stereocenters. The highest BCUT2D eigenvalue weighted by atomic mass is 35.5. The number of carbonyl (C=O) groups is 1. The number of nitrogens with zero attached hydrogens (tertiary/aromatic N) is 1. The molecule has 1 amide bonds. The highest BCUT2D eigenvalue weighted by Crippen LogP contribution is 2.14. The van der Waals surface area contributed by atoms with Crippen molar-refractivity contribution in [1.82, 2.24) is 15.0 Å². The average Bonchev–Trinajstić information content (AvgIpc) is 2.54. The number of rotatable bonds is 7. The molecule has 0 spiro atoms. The summed E-state index contributed by atoms with van der Waals surface area (Å²) in [6.07, 6.45) is 3.17. The normalized spacial score (nSPS) is 11.2. The third-order valence-electron chi connectivity index (χ3n) is 3.23. The van der Waals surface area contributed by atoms with Crippen molar-refractivity contribution in [2.24, 2.45) is 0 Å². The molecule has 0 saturated carbocycles. The fraction of sp³-hybridized carbons (Fsp3) is 0.250. The molecule has 0 fully saturated rings. The number of carbonyl (C=O) groups excluding carboxylic acids is 1. The van der Waals surface area contributed by atoms with Crippen LogP contribution in [-0.2, 0) is 23.0 Å². The zero-order chi connectivity index (χ0) is 17.6. The van der Waals surface area contributed by atoms with Gasteiger partial charge in [0.2, 0.25) is 10.0 Å². The molecule has 0 aliphatic carbocycles. The summed E-state index contributed by atoms with van der Waals surface area (Å²) < 4.78 is 24.5. The average molecular weight is 368 g/mol. The van der Waals surface area contributed by atoms with Crippen LogP contribution < -0.4 is 10.0 Å². The smallest absolute Gasteiger partial charge is 0.251 e. The van der Waals surface area contributed by atoms with Gasteiger partial charge < -0.3 is 5.32 Å². The van der Waals surface area contributed by atoms with Gasteiger partial charge in [-0.3, -0.25) is 9.78 Å². The minimum Gasteiger partial charge on any atom is -0.352 e. The quantitative estimate of drug-likeness (QED) is 0.780. The van der Waals surface area contributed by atoms with Gasteiger partial charge in [0.05, 0.1) is 18.5 Å². The van der Waals surface area contributed by atoms with Gasteiger partial charge in [-0.15, -0.1) is 0 Å². The van der Waals surface area contributed by atoms with E-state index in [1.165, 1.54) is 6.20 Å². The highest BCUT2D eigenvalue weighted by molar-refractivity contribution is 7.88. The molecule has 128 valence electrons. The summed E-state index contributed by atoms with van der Waals surface area (Å²) in [7, 11) is -3.31. The number of hydrogen-bond acceptors (Lipinski definition) is 4. The van der Waals surface area contributed by atoms with E-state index in [0.29, 0.717) is 29.2 Å². The third-order valence-corrected chi connectivity index (χ3v) is 4.27. The van der Waals surface area contributed by atoms with Crippen molar-refractivity contribution in [3.63, 3.8) is 0 Å². The lowest BCUT2D eigenvalue weighted by atomic mass is 10.1. The molecule has 2 N–H and O–H groups in total. The van der Waals surface area contributed by atoms with Gasteiger partial charge in [0.15, 0.2) is 0 Å². The molecule has 1 aromatic heterocycles. The Balaban J connectivity index is 1.91. The van der Waals surface area contributed by atoms with Crippen molar-refractivity contribution in [1.29, 1.82) is 0 Å². The van der Waals surface area contributed by atoms with Crippen LogP contribution in [0.5, 0.6) is 0 Å². The van der Waals surface area contributed by atoms with E-state index in [2.05, 4.69) is 15.0 Å². The molecule has 8 heteroatoms. The van der Waals surface area contributed by atoms with Crippen LogP contribution in [0.2, 0.25) is 5.02 Å². The van der Waals surface area contributed by atoms with E-state index >= 15 is 0 Å². The molecule has 0 aliphatic rings. The van der Waals surface area contributed by atoms with Crippen LogP contribution in [0.1, 0.15) is 21.6 Å². The van der Waals surface area contributed by atoms with Gasteiger partial charge in [-0.1, -0.05) is 29.8 Å². The molecular weight excluding hydrogens is 350 g/mol. The fourth-order valence-electron chi connectivity index (χ4n) is 2.04. The number of amides is 1. The Morgan fingerprint density at radius 2 is 2.00 bits per heavy atom. The first-order valence-corrected chi connectivity index (χ1v) is 9.53. The highest BCUT2D eigenvalue weighted by Gasteiger charge is 2.08. The van der Waals surface area contributed by atoms with Crippen LogP contribution >= 0.6 is 11.6 Å². The van der Waals surface area contributed by atoms with E-state index in [0.717, 1.165) is 11.8 Å². The second-order valence-electron chi connectivity index (χ2n) is 5.23. The van der Waals surface area contributed by atoms with Gasteiger partial charge in [-0.2, -0.15) is 0 Å². The molecule has 0 atom stereocenters. The Hall–Kier alpha value is -1.96. The van der Waals surface area contributed by atoms with Crippen molar-refractivity contribution in [3.05, 3.63) is 64.4 Å². The molecule has 1 heterocycles. The molecule has 0 radical (unpaired) electrons. The van der Waals surface area contributed by atoms with E-state index in [-0.39, 0.29) is 12.5 Å². The topological polar surface area (TPSA) is 88.2 Å². The van der Waals surface area contributed by atoms with Gasteiger partial charge >= 0.3 is 0 Å². The van der Waals surface area contributed by atoms with Crippen molar-refractivity contribution in [2.45, 2.75) is 13.0 Å². The summed E-state index contributed by atoms with van der Waals surface area (Å²) in [6, 6.07) is 10.6. The predicted molar refractivity (Wildman–Crippen MR) is 93.4 cm³/mol. The Morgan fingerprint density at radius 1 is 1.25 bits per heavy atom. The largest absolute Gasteiger partial charge is 0.352 e. The van der Waals surface area contributed by atoms with E-state index in [1.54, 1.807) is 12.1 Å². The minimum atomic E-state index is -3.31. The molecule has 0 bridgehead atoms. The van der Waals surface area contributed by atoms with Gasteiger partial charge in [-0.25, -0.2) is 13.1 Å². The maximum absolute atomic E-state index is 12.2. The Kier molecular flexibility index (Phi) is 6.30. The summed E-state index contributed by atoms with van der Waals surface area (Å²) in [4.78, 5) is 16.2. The first-order chi connectivity index (χ1) is 11.3. The SMILES string of the molecule is CS(=O)(=O)NCc1cc(C(=O)NCCc2ccccc2Cl)ccn1. The van der Waals surface area contributed by atoms with Crippen molar-refractivity contribution >= 4 is 27.5 Å². The third kappa shape index (κ3) is 5.92. The molecule has 1 aromatic carbocycles. The van der Waals surface area contributed by atoms with E-state index in [1.807, 2.05) is 24.3 Å². The first-order valence-electron chi connectivity index (χ1n) is 7.26. The molecule has 2 rings (SSSR count). The molecule has 0 aliphatic heterocycles. The van der Waals surface area contributed by atoms with Gasteiger partial charge in [0.1, 0.15) is 0 Å². The fourth-order valence-corrected chi connectivity index (χ4v) is 2.68. The van der Waals surface area contributed by atoms with Crippen LogP contribution in [0.25, 0.3) is 0 Å². The monoisotopic (exact) mass is 367 g/mol. The summed E-state index contributed by atoms with van der Waals surface area (Å²) >= 11 is 6.07. The molecule has 24 heavy (non-hydrogen) atoms. The lowest BCUT2D eigenvalue weighted by Crippen LogP contribution is -2.26. The van der Waals surface area contributed by atoms with Crippen molar-refractivity contribution in [3.8, 4) is 0 Å². The summed E-state index contributed by atoms with van der Waals surface area (Å²) in [6.45, 7) is 0.487. The number of sulfonamides is 1. The number of hydrogen-bond donors (Lipinski definition) is 2. The van der Waals surface area contributed by atoms with Gasteiger partial charge in [0.25, 0.3) is 5.91 Å². The number of nitrogens with one attached hydrogen (secondary N) is 2. The Morgan fingerprint density at radius 3 is 2.71 bits per heavy atom. The number of aromatic nitrogens is 1. The zero-order valence-electron chi connectivity index (χ0n) is 13.1. The second kappa shape index (κ2) is 8.23. The standard InChI is InChI=1S/C16H18ClN3O3S/c1-24(22,23)20-11-14-10-13(7-8-18-14)16(21)19-9-6-12-4-2-3-5-15(12)17/h2-5,7-8,10,20H,6,9,11H2,1H3,(H,19,21). The van der Waals surface area contributed by atoms with Crippen LogP contribution in [-0.4, -0.2) is 32.1 Å². The van der Waals surface area contributed by atoms with Crippen LogP contribution in [0.15, 0.2) is 42.6 Å². The Bertz CT molecular complexity index is 825.